The molecule has 0 aliphatic heterocycles. The van der Waals surface area contributed by atoms with Crippen molar-refractivity contribution in [2.75, 3.05) is 6.61 Å². The lowest BCUT2D eigenvalue weighted by Crippen LogP contribution is -1.77. The van der Waals surface area contributed by atoms with Crippen LogP contribution in [0.5, 0.6) is 0 Å². The summed E-state index contributed by atoms with van der Waals surface area (Å²) in [4.78, 5) is 0. The normalized spacial score (nSPS) is 11.0. The Morgan fingerprint density at radius 2 is 2.08 bits per heavy atom. The summed E-state index contributed by atoms with van der Waals surface area (Å²) in [5.74, 6) is 0. The second-order valence-corrected chi connectivity index (χ2v) is 3.32. The fraction of sp³-hybridized carbons (Fsp3) is 0.200. The van der Waals surface area contributed by atoms with E-state index in [1.54, 1.807) is 12.1 Å². The van der Waals surface area contributed by atoms with E-state index in [2.05, 4.69) is 0 Å². The third-order valence-electron chi connectivity index (χ3n) is 1.56. The Morgan fingerprint density at radius 1 is 1.31 bits per heavy atom. The van der Waals surface area contributed by atoms with Gasteiger partial charge in [-0.2, -0.15) is 0 Å². The van der Waals surface area contributed by atoms with Crippen LogP contribution >= 0.6 is 23.2 Å². The summed E-state index contributed by atoms with van der Waals surface area (Å²) < 4.78 is 0. The number of hydrogen-bond donors (Lipinski definition) is 0. The number of hydrogen-bond acceptors (Lipinski definition) is 0. The Morgan fingerprint density at radius 3 is 2.77 bits per heavy atom. The lowest BCUT2D eigenvalue weighted by atomic mass is 10.2. The molecule has 1 aromatic carbocycles. The van der Waals surface area contributed by atoms with Gasteiger partial charge in [-0.05, 0) is 18.1 Å². The van der Waals surface area contributed by atoms with Crippen molar-refractivity contribution < 1.29 is 5.11 Å². The quantitative estimate of drug-likeness (QED) is 0.731. The maximum atomic E-state index is 10.2. The molecule has 3 heteroatoms. The van der Waals surface area contributed by atoms with Crippen LogP contribution in [0.15, 0.2) is 24.3 Å². The summed E-state index contributed by atoms with van der Waals surface area (Å²) in [5, 5.41) is 11.2. The smallest absolute Gasteiger partial charge is 0.0856 e. The lowest BCUT2D eigenvalue weighted by molar-refractivity contribution is 0.199. The first-order valence-electron chi connectivity index (χ1n) is 3.94. The standard InChI is InChI=1S/C10H9Cl2O/c11-9-6-3-5-8(10(9)12)4-1-2-7-13/h1,3-6H,2,7H2. The van der Waals surface area contributed by atoms with Crippen LogP contribution < -0.4 is 0 Å². The monoisotopic (exact) mass is 215 g/mol. The first-order chi connectivity index (χ1) is 6.25. The molecule has 0 amide bonds. The molecule has 0 N–H and O–H groups in total. The third-order valence-corrected chi connectivity index (χ3v) is 2.40. The molecule has 0 fully saturated rings. The van der Waals surface area contributed by atoms with Gasteiger partial charge in [0.15, 0.2) is 0 Å². The highest BCUT2D eigenvalue weighted by molar-refractivity contribution is 6.42. The van der Waals surface area contributed by atoms with Crippen molar-refractivity contribution in [3.05, 3.63) is 39.9 Å². The second kappa shape index (κ2) is 5.28. The summed E-state index contributed by atoms with van der Waals surface area (Å²) in [7, 11) is 0. The summed E-state index contributed by atoms with van der Waals surface area (Å²) in [6.45, 7) is -0.102. The summed E-state index contributed by atoms with van der Waals surface area (Å²) in [5.41, 5.74) is 0.850. The van der Waals surface area contributed by atoms with Crippen molar-refractivity contribution >= 4 is 29.3 Å². The Balaban J connectivity index is 2.83. The zero-order chi connectivity index (χ0) is 9.68. The molecule has 1 aromatic rings. The molecule has 69 valence electrons. The summed E-state index contributed by atoms with van der Waals surface area (Å²) in [6, 6.07) is 5.41. The van der Waals surface area contributed by atoms with Crippen molar-refractivity contribution in [1.82, 2.24) is 0 Å². The summed E-state index contributed by atoms with van der Waals surface area (Å²) in [6.07, 6.45) is 4.12. The minimum absolute atomic E-state index is 0.102. The molecule has 0 bridgehead atoms. The van der Waals surface area contributed by atoms with Crippen LogP contribution in [-0.2, 0) is 5.11 Å². The van der Waals surface area contributed by atoms with Crippen LogP contribution in [-0.4, -0.2) is 6.61 Å². The van der Waals surface area contributed by atoms with Crippen molar-refractivity contribution in [2.45, 2.75) is 6.42 Å². The minimum atomic E-state index is -0.102. The fourth-order valence-corrected chi connectivity index (χ4v) is 1.30. The van der Waals surface area contributed by atoms with Gasteiger partial charge in [0.1, 0.15) is 0 Å². The number of rotatable bonds is 3. The molecule has 1 nitrogen and oxygen atoms in total. The Hall–Kier alpha value is -0.500. The van der Waals surface area contributed by atoms with Crippen LogP contribution in [0.1, 0.15) is 12.0 Å². The van der Waals surface area contributed by atoms with Gasteiger partial charge in [-0.15, -0.1) is 0 Å². The van der Waals surface area contributed by atoms with Gasteiger partial charge in [-0.1, -0.05) is 47.5 Å². The van der Waals surface area contributed by atoms with E-state index < -0.39 is 0 Å². The highest BCUT2D eigenvalue weighted by atomic mass is 35.5. The molecule has 0 aliphatic rings. The predicted molar refractivity (Wildman–Crippen MR) is 55.7 cm³/mol. The number of halogens is 2. The number of benzene rings is 1. The molecule has 0 saturated carbocycles. The van der Waals surface area contributed by atoms with Gasteiger partial charge in [0, 0.05) is 0 Å². The average molecular weight is 216 g/mol. The van der Waals surface area contributed by atoms with E-state index >= 15 is 0 Å². The van der Waals surface area contributed by atoms with Crippen LogP contribution in [0.3, 0.4) is 0 Å². The van der Waals surface area contributed by atoms with Gasteiger partial charge in [0.25, 0.3) is 0 Å². The van der Waals surface area contributed by atoms with Gasteiger partial charge in [-0.3, -0.25) is 0 Å². The van der Waals surface area contributed by atoms with Gasteiger partial charge in [-0.25, -0.2) is 5.11 Å². The molecule has 0 aliphatic carbocycles. The van der Waals surface area contributed by atoms with E-state index in [1.807, 2.05) is 18.2 Å². The van der Waals surface area contributed by atoms with E-state index in [0.29, 0.717) is 16.5 Å². The largest absolute Gasteiger partial charge is 0.236 e. The van der Waals surface area contributed by atoms with Crippen LogP contribution in [0.25, 0.3) is 6.08 Å². The molecule has 0 unspecified atom stereocenters. The molecule has 0 spiro atoms. The molecule has 13 heavy (non-hydrogen) atoms. The highest BCUT2D eigenvalue weighted by Gasteiger charge is 1.99. The first kappa shape index (κ1) is 10.6. The van der Waals surface area contributed by atoms with Gasteiger partial charge in [0.2, 0.25) is 0 Å². The minimum Gasteiger partial charge on any atom is -0.236 e. The van der Waals surface area contributed by atoms with E-state index in [9.17, 15) is 5.11 Å². The fourth-order valence-electron chi connectivity index (χ4n) is 0.928. The Labute approximate surface area is 87.6 Å². The lowest BCUT2D eigenvalue weighted by Gasteiger charge is -1.99. The van der Waals surface area contributed by atoms with E-state index in [4.69, 9.17) is 23.2 Å². The zero-order valence-electron chi connectivity index (χ0n) is 6.97. The SMILES string of the molecule is [O]CCC=Cc1cccc(Cl)c1Cl. The van der Waals surface area contributed by atoms with Crippen LogP contribution in [0.2, 0.25) is 10.0 Å². The maximum absolute atomic E-state index is 10.2. The van der Waals surface area contributed by atoms with E-state index in [0.717, 1.165) is 5.56 Å². The van der Waals surface area contributed by atoms with Crippen LogP contribution in [0, 0.1) is 0 Å². The first-order valence-corrected chi connectivity index (χ1v) is 4.70. The molecule has 0 atom stereocenters. The van der Waals surface area contributed by atoms with E-state index in [1.165, 1.54) is 0 Å². The maximum Gasteiger partial charge on any atom is 0.0856 e. The molecule has 1 rings (SSSR count). The molecule has 0 aromatic heterocycles. The third kappa shape index (κ3) is 3.03. The van der Waals surface area contributed by atoms with Gasteiger partial charge >= 0.3 is 0 Å². The van der Waals surface area contributed by atoms with Crippen LogP contribution in [0.4, 0.5) is 0 Å². The zero-order valence-corrected chi connectivity index (χ0v) is 8.48. The second-order valence-electron chi connectivity index (χ2n) is 2.54. The predicted octanol–water partition coefficient (Wildman–Crippen LogP) is 3.83. The van der Waals surface area contributed by atoms with Gasteiger partial charge in [0.05, 0.1) is 16.7 Å². The van der Waals surface area contributed by atoms with E-state index in [-0.39, 0.29) is 6.61 Å². The molecule has 0 saturated heterocycles. The molecular formula is C10H9Cl2O. The van der Waals surface area contributed by atoms with Crippen molar-refractivity contribution in [3.63, 3.8) is 0 Å². The highest BCUT2D eigenvalue weighted by Crippen LogP contribution is 2.26. The molecule has 0 heterocycles. The van der Waals surface area contributed by atoms with Crippen molar-refractivity contribution in [3.8, 4) is 0 Å². The molecular weight excluding hydrogens is 207 g/mol. The van der Waals surface area contributed by atoms with Gasteiger partial charge < -0.3 is 0 Å². The Bertz CT molecular complexity index is 308. The summed E-state index contributed by atoms with van der Waals surface area (Å²) >= 11 is 11.7. The van der Waals surface area contributed by atoms with Crippen molar-refractivity contribution in [2.24, 2.45) is 0 Å². The topological polar surface area (TPSA) is 19.9 Å². The molecule has 1 radical (unpaired) electrons. The Kier molecular flexibility index (Phi) is 4.29. The average Bonchev–Trinajstić information content (AvgIpc) is 2.13. The van der Waals surface area contributed by atoms with Crippen molar-refractivity contribution in [1.29, 1.82) is 0 Å².